The fraction of sp³-hybridized carbons (Fsp3) is 0.667. The monoisotopic (exact) mass is 480 g/mol. The van der Waals surface area contributed by atoms with E-state index in [1.54, 1.807) is 0 Å². The molecule has 0 bridgehead atoms. The second-order valence-corrected chi connectivity index (χ2v) is 9.50. The minimum atomic E-state index is -0.117. The van der Waals surface area contributed by atoms with E-state index in [-0.39, 0.29) is 44.4 Å². The van der Waals surface area contributed by atoms with Gasteiger partial charge in [0.25, 0.3) is 5.91 Å². The molecule has 29 heavy (non-hydrogen) atoms. The smallest absolute Gasteiger partial charge is 0.260 e. The lowest BCUT2D eigenvalue weighted by atomic mass is 9.88. The summed E-state index contributed by atoms with van der Waals surface area (Å²) in [4.78, 5) is 17.4. The summed E-state index contributed by atoms with van der Waals surface area (Å²) in [6.07, 6.45) is 9.68. The van der Waals surface area contributed by atoms with E-state index in [0.717, 1.165) is 32.4 Å². The van der Waals surface area contributed by atoms with Gasteiger partial charge in [0.15, 0.2) is 6.61 Å². The van der Waals surface area contributed by atoms with E-state index < -0.39 is 0 Å². The lowest BCUT2D eigenvalue weighted by Crippen LogP contribution is -2.54. The Morgan fingerprint density at radius 2 is 1.66 bits per heavy atom. The van der Waals surface area contributed by atoms with Crippen molar-refractivity contribution in [1.82, 2.24) is 9.80 Å². The van der Waals surface area contributed by atoms with Crippen LogP contribution in [0.5, 0.6) is 5.75 Å². The van der Waals surface area contributed by atoms with Crippen LogP contribution in [0.25, 0.3) is 0 Å². The van der Waals surface area contributed by atoms with Gasteiger partial charge < -0.3 is 9.64 Å². The van der Waals surface area contributed by atoms with Crippen molar-refractivity contribution in [1.29, 1.82) is 0 Å². The molecule has 0 N–H and O–H groups in total. The summed E-state index contributed by atoms with van der Waals surface area (Å²) in [6, 6.07) is 2.14. The van der Waals surface area contributed by atoms with Gasteiger partial charge in [-0.25, -0.2) is 0 Å². The van der Waals surface area contributed by atoms with Crippen LogP contribution in [0.3, 0.4) is 0 Å². The molecule has 2 fully saturated rings. The van der Waals surface area contributed by atoms with Crippen LogP contribution in [0.1, 0.15) is 51.4 Å². The molecule has 4 nitrogen and oxygen atoms in total. The van der Waals surface area contributed by atoms with E-state index in [0.29, 0.717) is 6.04 Å². The molecule has 8 heteroatoms. The van der Waals surface area contributed by atoms with Crippen LogP contribution in [0.4, 0.5) is 0 Å². The maximum Gasteiger partial charge on any atom is 0.260 e. The first-order chi connectivity index (χ1) is 13.9. The molecule has 1 amide bonds. The molecule has 0 spiro atoms. The predicted octanol–water partition coefficient (Wildman–Crippen LogP) is 6.32. The normalized spacial score (nSPS) is 23.5. The van der Waals surface area contributed by atoms with Crippen molar-refractivity contribution in [2.75, 3.05) is 26.7 Å². The summed E-state index contributed by atoms with van der Waals surface area (Å²) in [5.74, 6) is 0.190. The minimum Gasteiger partial charge on any atom is -0.482 e. The van der Waals surface area contributed by atoms with Crippen molar-refractivity contribution < 1.29 is 9.53 Å². The van der Waals surface area contributed by atoms with E-state index in [2.05, 4.69) is 4.90 Å². The zero-order valence-corrected chi connectivity index (χ0v) is 19.8. The minimum absolute atomic E-state index is 0.0741. The Balaban J connectivity index is 1.65. The lowest BCUT2D eigenvalue weighted by Gasteiger charge is -2.43. The molecule has 0 unspecified atom stereocenters. The van der Waals surface area contributed by atoms with Gasteiger partial charge in [0.05, 0.1) is 15.1 Å². The average Bonchev–Trinajstić information content (AvgIpc) is 3.02. The summed E-state index contributed by atoms with van der Waals surface area (Å²) >= 11 is 24.3. The number of halogens is 4. The third-order valence-corrected chi connectivity index (χ3v) is 7.85. The van der Waals surface area contributed by atoms with Gasteiger partial charge >= 0.3 is 0 Å². The molecule has 1 aliphatic heterocycles. The number of rotatable bonds is 5. The second-order valence-electron chi connectivity index (χ2n) is 7.96. The topological polar surface area (TPSA) is 32.8 Å². The second kappa shape index (κ2) is 10.8. The van der Waals surface area contributed by atoms with Gasteiger partial charge in [-0.1, -0.05) is 72.1 Å². The Morgan fingerprint density at radius 3 is 2.34 bits per heavy atom. The number of ether oxygens (including phenoxy) is 1. The fourth-order valence-electron chi connectivity index (χ4n) is 4.48. The van der Waals surface area contributed by atoms with Crippen LogP contribution in [0.15, 0.2) is 6.07 Å². The number of carbonyl (C=O) groups excluding carboxylic acids is 1. The molecule has 1 aromatic carbocycles. The summed E-state index contributed by atoms with van der Waals surface area (Å²) < 4.78 is 5.66. The zero-order valence-electron chi connectivity index (χ0n) is 16.7. The van der Waals surface area contributed by atoms with E-state index >= 15 is 0 Å². The van der Waals surface area contributed by atoms with E-state index in [9.17, 15) is 4.79 Å². The highest BCUT2D eigenvalue weighted by molar-refractivity contribution is 6.52. The number of likely N-dealkylation sites (N-methyl/N-ethyl adjacent to an activating group) is 1. The zero-order chi connectivity index (χ0) is 21.0. The molecule has 162 valence electrons. The van der Waals surface area contributed by atoms with Crippen molar-refractivity contribution in [3.8, 4) is 5.75 Å². The van der Waals surface area contributed by atoms with Gasteiger partial charge in [-0.15, -0.1) is 0 Å². The van der Waals surface area contributed by atoms with Crippen LogP contribution in [-0.2, 0) is 4.79 Å². The third kappa shape index (κ3) is 5.65. The number of carbonyl (C=O) groups is 1. The third-order valence-electron chi connectivity index (χ3n) is 6.11. The number of nitrogens with zero attached hydrogens (tertiary/aromatic N) is 2. The average molecular weight is 482 g/mol. The lowest BCUT2D eigenvalue weighted by molar-refractivity contribution is -0.136. The van der Waals surface area contributed by atoms with Crippen molar-refractivity contribution in [3.05, 3.63) is 26.2 Å². The SMILES string of the molecule is CN(C(=O)COc1cc(Cl)c(Cl)c(Cl)c1Cl)[C@@H]1CCCC[C@H]1N1CCCCCC1. The van der Waals surface area contributed by atoms with Crippen LogP contribution in [0, 0.1) is 0 Å². The first-order valence-corrected chi connectivity index (χ1v) is 11.9. The molecule has 2 atom stereocenters. The van der Waals surface area contributed by atoms with Gasteiger partial charge in [-0.05, 0) is 38.8 Å². The maximum atomic E-state index is 12.9. The number of hydrogen-bond donors (Lipinski definition) is 0. The molecule has 1 saturated carbocycles. The predicted molar refractivity (Wildman–Crippen MR) is 121 cm³/mol. The van der Waals surface area contributed by atoms with Gasteiger partial charge in [0.2, 0.25) is 0 Å². The van der Waals surface area contributed by atoms with Gasteiger partial charge in [-0.2, -0.15) is 0 Å². The van der Waals surface area contributed by atoms with Crippen molar-refractivity contribution >= 4 is 52.3 Å². The number of likely N-dealkylation sites (tertiary alicyclic amines) is 1. The first kappa shape index (κ1) is 23.3. The molecule has 2 aliphatic rings. The summed E-state index contributed by atoms with van der Waals surface area (Å²) in [5.41, 5.74) is 0. The molecular formula is C21H28Cl4N2O2. The van der Waals surface area contributed by atoms with E-state index in [1.165, 1.54) is 38.2 Å². The first-order valence-electron chi connectivity index (χ1n) is 10.4. The molecule has 0 radical (unpaired) electrons. The van der Waals surface area contributed by atoms with Gasteiger partial charge in [0, 0.05) is 25.2 Å². The van der Waals surface area contributed by atoms with E-state index in [4.69, 9.17) is 51.1 Å². The Kier molecular flexibility index (Phi) is 8.64. The summed E-state index contributed by atoms with van der Waals surface area (Å²) in [7, 11) is 1.88. The van der Waals surface area contributed by atoms with Gasteiger partial charge in [0.1, 0.15) is 10.8 Å². The van der Waals surface area contributed by atoms with Crippen LogP contribution in [0.2, 0.25) is 20.1 Å². The van der Waals surface area contributed by atoms with Crippen molar-refractivity contribution in [2.24, 2.45) is 0 Å². The van der Waals surface area contributed by atoms with E-state index in [1.807, 2.05) is 11.9 Å². The Bertz CT molecular complexity index is 723. The largest absolute Gasteiger partial charge is 0.482 e. The summed E-state index contributed by atoms with van der Waals surface area (Å²) in [6.45, 7) is 2.15. The number of amides is 1. The highest BCUT2D eigenvalue weighted by atomic mass is 35.5. The molecule has 1 aromatic rings. The molecule has 1 aliphatic carbocycles. The summed E-state index contributed by atoms with van der Waals surface area (Å²) in [5, 5.41) is 0.712. The molecule has 1 heterocycles. The van der Waals surface area contributed by atoms with Crippen LogP contribution < -0.4 is 4.74 Å². The molecular weight excluding hydrogens is 454 g/mol. The Labute approximate surface area is 193 Å². The molecule has 0 aromatic heterocycles. The van der Waals surface area contributed by atoms with Crippen LogP contribution in [-0.4, -0.2) is 54.5 Å². The number of benzene rings is 1. The highest BCUT2D eigenvalue weighted by Crippen LogP contribution is 2.42. The number of hydrogen-bond acceptors (Lipinski definition) is 3. The quantitative estimate of drug-likeness (QED) is 0.364. The Morgan fingerprint density at radius 1 is 1.00 bits per heavy atom. The highest BCUT2D eigenvalue weighted by Gasteiger charge is 2.34. The van der Waals surface area contributed by atoms with Gasteiger partial charge in [-0.3, -0.25) is 9.69 Å². The maximum absolute atomic E-state index is 12.9. The fourth-order valence-corrected chi connectivity index (χ4v) is 5.32. The van der Waals surface area contributed by atoms with Crippen molar-refractivity contribution in [3.63, 3.8) is 0 Å². The molecule has 3 rings (SSSR count). The van der Waals surface area contributed by atoms with Crippen LogP contribution >= 0.6 is 46.4 Å². The standard InChI is InChI=1S/C21H28Cl4N2O2/c1-26(15-8-4-5-9-16(15)27-10-6-2-3-7-11-27)18(28)13-29-17-12-14(22)19(23)21(25)20(17)24/h12,15-16H,2-11,13H2,1H3/t15-,16-/m1/s1. The van der Waals surface area contributed by atoms with Crippen molar-refractivity contribution in [2.45, 2.75) is 63.5 Å². The molecule has 1 saturated heterocycles. The Hall–Kier alpha value is -0.390.